The van der Waals surface area contributed by atoms with Crippen LogP contribution >= 0.6 is 31.9 Å². The van der Waals surface area contributed by atoms with Gasteiger partial charge in [-0.25, -0.2) is 0 Å². The second kappa shape index (κ2) is 4.70. The van der Waals surface area contributed by atoms with Crippen LogP contribution in [-0.2, 0) is 0 Å². The molecule has 1 rings (SSSR count). The van der Waals surface area contributed by atoms with E-state index in [4.69, 9.17) is 4.42 Å². The van der Waals surface area contributed by atoms with E-state index in [9.17, 15) is 4.79 Å². The second-order valence-corrected chi connectivity index (χ2v) is 5.20. The van der Waals surface area contributed by atoms with Gasteiger partial charge in [-0.1, -0.05) is 15.9 Å². The first-order valence-corrected chi connectivity index (χ1v) is 6.38. The minimum absolute atomic E-state index is 0.0555. The molecule has 84 valence electrons. The molecule has 5 heteroatoms. The summed E-state index contributed by atoms with van der Waals surface area (Å²) in [6.45, 7) is 3.99. The van der Waals surface area contributed by atoms with Gasteiger partial charge in [0.2, 0.25) is 0 Å². The topological polar surface area (TPSA) is 33.5 Å². The molecular weight excluding hydrogens is 326 g/mol. The number of hydrogen-bond donors (Lipinski definition) is 0. The summed E-state index contributed by atoms with van der Waals surface area (Å²) in [6, 6.07) is 1.66. The van der Waals surface area contributed by atoms with Crippen LogP contribution in [-0.4, -0.2) is 28.7 Å². The van der Waals surface area contributed by atoms with E-state index in [0.717, 1.165) is 5.33 Å². The Morgan fingerprint density at radius 1 is 1.60 bits per heavy atom. The molecule has 1 amide bonds. The van der Waals surface area contributed by atoms with E-state index in [1.807, 2.05) is 13.8 Å². The first-order chi connectivity index (χ1) is 6.90. The highest BCUT2D eigenvalue weighted by Gasteiger charge is 2.28. The van der Waals surface area contributed by atoms with Gasteiger partial charge in [0.15, 0.2) is 4.67 Å². The molecular formula is C10H13Br2NO2. The van der Waals surface area contributed by atoms with Gasteiger partial charge in [0, 0.05) is 17.9 Å². The van der Waals surface area contributed by atoms with Crippen molar-refractivity contribution in [3.8, 4) is 0 Å². The van der Waals surface area contributed by atoms with Crippen molar-refractivity contribution in [1.29, 1.82) is 0 Å². The van der Waals surface area contributed by atoms with Gasteiger partial charge in [0.1, 0.15) is 0 Å². The number of rotatable bonds is 3. The molecule has 0 unspecified atom stereocenters. The highest BCUT2D eigenvalue weighted by Crippen LogP contribution is 2.23. The molecule has 0 radical (unpaired) electrons. The molecule has 0 aliphatic heterocycles. The maximum absolute atomic E-state index is 12.0. The first kappa shape index (κ1) is 12.8. The molecule has 0 atom stereocenters. The molecule has 1 aromatic heterocycles. The molecule has 0 aliphatic carbocycles. The lowest BCUT2D eigenvalue weighted by Crippen LogP contribution is -2.46. The number of nitrogens with zero attached hydrogens (tertiary/aromatic N) is 1. The fourth-order valence-corrected chi connectivity index (χ4v) is 1.78. The highest BCUT2D eigenvalue weighted by molar-refractivity contribution is 9.10. The largest absolute Gasteiger partial charge is 0.457 e. The monoisotopic (exact) mass is 337 g/mol. The van der Waals surface area contributed by atoms with Crippen molar-refractivity contribution in [2.24, 2.45) is 0 Å². The zero-order chi connectivity index (χ0) is 11.6. The van der Waals surface area contributed by atoms with Crippen molar-refractivity contribution in [2.45, 2.75) is 19.4 Å². The van der Waals surface area contributed by atoms with Crippen molar-refractivity contribution in [3.63, 3.8) is 0 Å². The summed E-state index contributed by atoms with van der Waals surface area (Å²) in [7, 11) is 1.78. The van der Waals surface area contributed by atoms with Gasteiger partial charge in [-0.05, 0) is 35.8 Å². The zero-order valence-corrected chi connectivity index (χ0v) is 12.1. The summed E-state index contributed by atoms with van der Waals surface area (Å²) >= 11 is 6.59. The Kier molecular flexibility index (Phi) is 4.00. The minimum atomic E-state index is -0.228. The van der Waals surface area contributed by atoms with E-state index in [0.29, 0.717) is 10.2 Å². The van der Waals surface area contributed by atoms with Gasteiger partial charge in [0.05, 0.1) is 11.8 Å². The SMILES string of the molecule is CN(C(=O)c1ccoc1Br)C(C)(C)CBr. The molecule has 0 spiro atoms. The van der Waals surface area contributed by atoms with Crippen LogP contribution in [0.2, 0.25) is 0 Å². The number of hydrogen-bond acceptors (Lipinski definition) is 2. The van der Waals surface area contributed by atoms with Crippen LogP contribution in [0.5, 0.6) is 0 Å². The van der Waals surface area contributed by atoms with E-state index in [1.165, 1.54) is 6.26 Å². The Balaban J connectivity index is 2.92. The Labute approximate surface area is 106 Å². The van der Waals surface area contributed by atoms with E-state index in [1.54, 1.807) is 18.0 Å². The van der Waals surface area contributed by atoms with Crippen LogP contribution in [0.15, 0.2) is 21.4 Å². The summed E-state index contributed by atoms with van der Waals surface area (Å²) in [4.78, 5) is 13.7. The molecule has 1 aromatic rings. The van der Waals surface area contributed by atoms with Crippen LogP contribution in [0, 0.1) is 0 Å². The van der Waals surface area contributed by atoms with Crippen LogP contribution in [0.25, 0.3) is 0 Å². The zero-order valence-electron chi connectivity index (χ0n) is 8.88. The number of furan rings is 1. The smallest absolute Gasteiger partial charge is 0.258 e. The molecule has 0 saturated carbocycles. The number of amides is 1. The fourth-order valence-electron chi connectivity index (χ4n) is 0.991. The van der Waals surface area contributed by atoms with E-state index in [-0.39, 0.29) is 11.4 Å². The van der Waals surface area contributed by atoms with Crippen LogP contribution < -0.4 is 0 Å². The maximum Gasteiger partial charge on any atom is 0.258 e. The third-order valence-electron chi connectivity index (χ3n) is 2.39. The molecule has 0 aromatic carbocycles. The van der Waals surface area contributed by atoms with E-state index < -0.39 is 0 Å². The van der Waals surface area contributed by atoms with Crippen molar-refractivity contribution in [2.75, 3.05) is 12.4 Å². The quantitative estimate of drug-likeness (QED) is 0.792. The van der Waals surface area contributed by atoms with Gasteiger partial charge in [0.25, 0.3) is 5.91 Å². The lowest BCUT2D eigenvalue weighted by atomic mass is 10.1. The van der Waals surface area contributed by atoms with Crippen molar-refractivity contribution in [3.05, 3.63) is 22.6 Å². The second-order valence-electron chi connectivity index (χ2n) is 3.92. The summed E-state index contributed by atoms with van der Waals surface area (Å²) in [5, 5.41) is 0.720. The first-order valence-electron chi connectivity index (χ1n) is 4.47. The van der Waals surface area contributed by atoms with Crippen LogP contribution in [0.4, 0.5) is 0 Å². The van der Waals surface area contributed by atoms with Crippen LogP contribution in [0.1, 0.15) is 24.2 Å². The van der Waals surface area contributed by atoms with Crippen LogP contribution in [0.3, 0.4) is 0 Å². The lowest BCUT2D eigenvalue weighted by Gasteiger charge is -2.33. The number of carbonyl (C=O) groups is 1. The summed E-state index contributed by atoms with van der Waals surface area (Å²) in [5.41, 5.74) is 0.319. The summed E-state index contributed by atoms with van der Waals surface area (Å²) in [5.74, 6) is -0.0555. The van der Waals surface area contributed by atoms with Crippen molar-refractivity contribution < 1.29 is 9.21 Å². The van der Waals surface area contributed by atoms with E-state index in [2.05, 4.69) is 31.9 Å². The molecule has 0 bridgehead atoms. The number of halogens is 2. The molecule has 1 heterocycles. The predicted octanol–water partition coefficient (Wildman–Crippen LogP) is 3.29. The van der Waals surface area contributed by atoms with Gasteiger partial charge < -0.3 is 9.32 Å². The van der Waals surface area contributed by atoms with Crippen molar-refractivity contribution >= 4 is 37.8 Å². The van der Waals surface area contributed by atoms with E-state index >= 15 is 0 Å². The summed E-state index contributed by atoms with van der Waals surface area (Å²) in [6.07, 6.45) is 1.49. The molecule has 0 aliphatic rings. The molecule has 3 nitrogen and oxygen atoms in total. The third kappa shape index (κ3) is 2.64. The fraction of sp³-hybridized carbons (Fsp3) is 0.500. The Morgan fingerprint density at radius 2 is 2.20 bits per heavy atom. The van der Waals surface area contributed by atoms with Gasteiger partial charge in [-0.2, -0.15) is 0 Å². The van der Waals surface area contributed by atoms with Crippen molar-refractivity contribution in [1.82, 2.24) is 4.90 Å². The number of alkyl halides is 1. The minimum Gasteiger partial charge on any atom is -0.457 e. The molecule has 0 fully saturated rings. The normalized spacial score (nSPS) is 11.5. The van der Waals surface area contributed by atoms with Gasteiger partial charge in [-0.3, -0.25) is 4.79 Å². The standard InChI is InChI=1S/C10H13Br2NO2/c1-10(2,6-11)13(3)9(14)7-4-5-15-8(7)12/h4-5H,6H2,1-3H3. The Bertz CT molecular complexity index is 360. The predicted molar refractivity (Wildman–Crippen MR) is 66.4 cm³/mol. The maximum atomic E-state index is 12.0. The Morgan fingerprint density at radius 3 is 2.60 bits per heavy atom. The van der Waals surface area contributed by atoms with Gasteiger partial charge in [-0.15, -0.1) is 0 Å². The lowest BCUT2D eigenvalue weighted by molar-refractivity contribution is 0.0661. The average Bonchev–Trinajstić information content (AvgIpc) is 2.62. The number of carbonyl (C=O) groups excluding carboxylic acids is 1. The summed E-state index contributed by atoms with van der Waals surface area (Å²) < 4.78 is 5.52. The van der Waals surface area contributed by atoms with Gasteiger partial charge >= 0.3 is 0 Å². The Hall–Kier alpha value is -0.290. The molecule has 0 saturated heterocycles. The molecule has 15 heavy (non-hydrogen) atoms. The molecule has 0 N–H and O–H groups in total. The average molecular weight is 339 g/mol. The third-order valence-corrected chi connectivity index (χ3v) is 4.37. The highest BCUT2D eigenvalue weighted by atomic mass is 79.9.